The van der Waals surface area contributed by atoms with Crippen LogP contribution in [0.2, 0.25) is 0 Å². The first-order valence-electron chi connectivity index (χ1n) is 11.1. The van der Waals surface area contributed by atoms with Crippen molar-refractivity contribution in [3.8, 4) is 22.5 Å². The molecule has 4 rings (SSSR count). The van der Waals surface area contributed by atoms with E-state index in [0.29, 0.717) is 33.2 Å². The molecule has 1 heterocycles. The molecule has 0 radical (unpaired) electrons. The van der Waals surface area contributed by atoms with Crippen molar-refractivity contribution in [2.24, 2.45) is 5.73 Å². The molecular formula is C27H25FN2O5S. The Morgan fingerprint density at radius 2 is 1.64 bits per heavy atom. The van der Waals surface area contributed by atoms with Crippen LogP contribution in [-0.2, 0) is 10.0 Å². The summed E-state index contributed by atoms with van der Waals surface area (Å²) in [6, 6.07) is 15.5. The highest BCUT2D eigenvalue weighted by atomic mass is 32.2. The first-order chi connectivity index (χ1) is 16.8. The van der Waals surface area contributed by atoms with Crippen LogP contribution in [0.4, 0.5) is 4.39 Å². The number of carbonyl (C=O) groups is 2. The van der Waals surface area contributed by atoms with Crippen LogP contribution in [-0.4, -0.2) is 25.0 Å². The van der Waals surface area contributed by atoms with Crippen LogP contribution in [0, 0.1) is 12.7 Å². The van der Waals surface area contributed by atoms with Crippen LogP contribution in [0.5, 0.6) is 0 Å². The number of benzene rings is 3. The Morgan fingerprint density at radius 3 is 2.25 bits per heavy atom. The van der Waals surface area contributed by atoms with Gasteiger partial charge in [-0.15, -0.1) is 0 Å². The summed E-state index contributed by atoms with van der Waals surface area (Å²) in [6.45, 7) is 6.29. The molecule has 9 heteroatoms. The predicted molar refractivity (Wildman–Crippen MR) is 136 cm³/mol. The number of aryl methyl sites for hydroxylation is 1. The molecule has 3 N–H and O–H groups in total. The van der Waals surface area contributed by atoms with Crippen LogP contribution in [0.25, 0.3) is 33.4 Å². The van der Waals surface area contributed by atoms with Gasteiger partial charge in [-0.2, -0.15) is 0 Å². The molecule has 0 aliphatic heterocycles. The van der Waals surface area contributed by atoms with Crippen molar-refractivity contribution in [3.05, 3.63) is 83.2 Å². The predicted octanol–water partition coefficient (Wildman–Crippen LogP) is 5.17. The number of hydrogen-bond donors (Lipinski definition) is 2. The fourth-order valence-electron chi connectivity index (χ4n) is 3.87. The zero-order valence-corrected chi connectivity index (χ0v) is 21.0. The van der Waals surface area contributed by atoms with Gasteiger partial charge in [0.15, 0.2) is 0 Å². The average molecular weight is 509 g/mol. The molecule has 186 valence electrons. The number of carbonyl (C=O) groups excluding carboxylic acids is 2. The SMILES string of the molecule is Cc1c(-c2cccc(C(=O)NS(=O)(=O)C(C)(C)C)c2)ccc2oc(-c3ccc(F)cc3)c(C(N)=O)c12. The normalized spacial score (nSPS) is 12.0. The number of halogens is 1. The fraction of sp³-hybridized carbons (Fsp3) is 0.185. The fourth-order valence-corrected chi connectivity index (χ4v) is 4.54. The summed E-state index contributed by atoms with van der Waals surface area (Å²) in [5.74, 6) is -1.63. The molecule has 36 heavy (non-hydrogen) atoms. The molecule has 0 spiro atoms. The summed E-state index contributed by atoms with van der Waals surface area (Å²) >= 11 is 0. The number of sulfonamides is 1. The van der Waals surface area contributed by atoms with Gasteiger partial charge in [-0.1, -0.05) is 18.2 Å². The van der Waals surface area contributed by atoms with E-state index in [2.05, 4.69) is 4.72 Å². The molecule has 0 fully saturated rings. The van der Waals surface area contributed by atoms with E-state index in [4.69, 9.17) is 10.2 Å². The molecule has 3 aromatic carbocycles. The second-order valence-corrected chi connectivity index (χ2v) is 11.9. The van der Waals surface area contributed by atoms with Crippen molar-refractivity contribution in [1.29, 1.82) is 0 Å². The number of furan rings is 1. The van der Waals surface area contributed by atoms with Gasteiger partial charge in [0.25, 0.3) is 11.8 Å². The third-order valence-corrected chi connectivity index (χ3v) is 8.00. The summed E-state index contributed by atoms with van der Waals surface area (Å²) in [4.78, 5) is 25.2. The lowest BCUT2D eigenvalue weighted by molar-refractivity contribution is 0.0977. The highest BCUT2D eigenvalue weighted by molar-refractivity contribution is 7.91. The quantitative estimate of drug-likeness (QED) is 0.385. The second kappa shape index (κ2) is 8.91. The third-order valence-electron chi connectivity index (χ3n) is 5.94. The summed E-state index contributed by atoms with van der Waals surface area (Å²) in [5, 5.41) is 0.504. The van der Waals surface area contributed by atoms with E-state index < -0.39 is 32.4 Å². The zero-order valence-electron chi connectivity index (χ0n) is 20.2. The van der Waals surface area contributed by atoms with Crippen LogP contribution in [0.15, 0.2) is 65.1 Å². The lowest BCUT2D eigenvalue weighted by atomic mass is 9.94. The molecule has 0 aliphatic carbocycles. The van der Waals surface area contributed by atoms with Crippen molar-refractivity contribution in [3.63, 3.8) is 0 Å². The maximum atomic E-state index is 13.4. The van der Waals surface area contributed by atoms with Crippen molar-refractivity contribution in [2.45, 2.75) is 32.4 Å². The molecule has 0 unspecified atom stereocenters. The Labute approximate surface area is 208 Å². The second-order valence-electron chi connectivity index (χ2n) is 9.42. The lowest BCUT2D eigenvalue weighted by Crippen LogP contribution is -2.42. The minimum atomic E-state index is -3.89. The Balaban J connectivity index is 1.82. The average Bonchev–Trinajstić information content (AvgIpc) is 3.20. The lowest BCUT2D eigenvalue weighted by Gasteiger charge is -2.19. The molecule has 2 amide bonds. The maximum Gasteiger partial charge on any atom is 0.264 e. The molecule has 4 aromatic rings. The van der Waals surface area contributed by atoms with E-state index in [9.17, 15) is 22.4 Å². The minimum Gasteiger partial charge on any atom is -0.455 e. The van der Waals surface area contributed by atoms with E-state index in [1.807, 2.05) is 0 Å². The van der Waals surface area contributed by atoms with Gasteiger partial charge in [0.05, 0.1) is 10.3 Å². The number of amides is 2. The van der Waals surface area contributed by atoms with E-state index in [-0.39, 0.29) is 16.9 Å². The van der Waals surface area contributed by atoms with Gasteiger partial charge in [0.2, 0.25) is 10.0 Å². The highest BCUT2D eigenvalue weighted by Crippen LogP contribution is 2.39. The molecule has 0 aliphatic rings. The largest absolute Gasteiger partial charge is 0.455 e. The van der Waals surface area contributed by atoms with Crippen LogP contribution in [0.3, 0.4) is 0 Å². The van der Waals surface area contributed by atoms with Gasteiger partial charge in [0, 0.05) is 16.5 Å². The Bertz CT molecular complexity index is 1610. The number of fused-ring (bicyclic) bond motifs is 1. The van der Waals surface area contributed by atoms with Gasteiger partial charge in [-0.05, 0) is 86.8 Å². The number of hydrogen-bond acceptors (Lipinski definition) is 5. The van der Waals surface area contributed by atoms with Crippen LogP contribution < -0.4 is 10.5 Å². The summed E-state index contributed by atoms with van der Waals surface area (Å²) < 4.78 is 45.2. The summed E-state index contributed by atoms with van der Waals surface area (Å²) in [6.07, 6.45) is 0. The van der Waals surface area contributed by atoms with E-state index in [0.717, 1.165) is 0 Å². The third kappa shape index (κ3) is 4.49. The van der Waals surface area contributed by atoms with Crippen LogP contribution >= 0.6 is 0 Å². The van der Waals surface area contributed by atoms with Crippen molar-refractivity contribution in [2.75, 3.05) is 0 Å². The van der Waals surface area contributed by atoms with Gasteiger partial charge in [-0.3, -0.25) is 9.59 Å². The monoisotopic (exact) mass is 508 g/mol. The van der Waals surface area contributed by atoms with Gasteiger partial charge >= 0.3 is 0 Å². The van der Waals surface area contributed by atoms with Gasteiger partial charge < -0.3 is 10.2 Å². The Kier molecular flexibility index (Phi) is 6.22. The van der Waals surface area contributed by atoms with Crippen molar-refractivity contribution >= 4 is 32.8 Å². The number of nitrogens with one attached hydrogen (secondary N) is 1. The van der Waals surface area contributed by atoms with Crippen molar-refractivity contribution in [1.82, 2.24) is 4.72 Å². The highest BCUT2D eigenvalue weighted by Gasteiger charge is 2.31. The Hall–Kier alpha value is -3.98. The standard InChI is InChI=1S/C27H25FN2O5S/c1-15-20(17-6-5-7-18(14-17)26(32)30-36(33,34)27(2,3)4)12-13-21-22(15)23(25(29)31)24(35-21)16-8-10-19(28)11-9-16/h5-14H,1-4H3,(H2,29,31)(H,30,32). The zero-order chi connectivity index (χ0) is 26.4. The molecule has 0 bridgehead atoms. The smallest absolute Gasteiger partial charge is 0.264 e. The molecular weight excluding hydrogens is 483 g/mol. The van der Waals surface area contributed by atoms with Gasteiger partial charge in [-0.25, -0.2) is 17.5 Å². The summed E-state index contributed by atoms with van der Waals surface area (Å²) in [5.41, 5.74) is 8.99. The molecule has 0 atom stereocenters. The number of primary amides is 1. The first-order valence-corrected chi connectivity index (χ1v) is 12.6. The Morgan fingerprint density at radius 1 is 0.972 bits per heavy atom. The van der Waals surface area contributed by atoms with Gasteiger partial charge in [0.1, 0.15) is 17.2 Å². The van der Waals surface area contributed by atoms with E-state index >= 15 is 0 Å². The van der Waals surface area contributed by atoms with E-state index in [1.54, 1.807) is 37.3 Å². The van der Waals surface area contributed by atoms with Crippen LogP contribution in [0.1, 0.15) is 47.1 Å². The number of nitrogens with two attached hydrogens (primary N) is 1. The first kappa shape index (κ1) is 25.1. The molecule has 0 saturated carbocycles. The topological polar surface area (TPSA) is 119 Å². The number of rotatable bonds is 5. The maximum absolute atomic E-state index is 13.4. The molecule has 1 aromatic heterocycles. The van der Waals surface area contributed by atoms with E-state index in [1.165, 1.54) is 51.1 Å². The van der Waals surface area contributed by atoms with Crippen molar-refractivity contribution < 1.29 is 26.8 Å². The molecule has 7 nitrogen and oxygen atoms in total. The molecule has 0 saturated heterocycles. The minimum absolute atomic E-state index is 0.161. The summed E-state index contributed by atoms with van der Waals surface area (Å²) in [7, 11) is -3.89.